The van der Waals surface area contributed by atoms with Crippen LogP contribution in [0.5, 0.6) is 0 Å². The highest BCUT2D eigenvalue weighted by Crippen LogP contribution is 2.45. The molecule has 2 saturated heterocycles. The van der Waals surface area contributed by atoms with Gasteiger partial charge < -0.3 is 10.4 Å². The van der Waals surface area contributed by atoms with Gasteiger partial charge in [0.05, 0.1) is 6.61 Å². The third kappa shape index (κ3) is 1.57. The van der Waals surface area contributed by atoms with Gasteiger partial charge in [0.1, 0.15) is 0 Å². The second kappa shape index (κ2) is 3.86. The maximum atomic E-state index is 9.76. The van der Waals surface area contributed by atoms with Crippen LogP contribution in [0.1, 0.15) is 24.8 Å². The number of rotatable bonds is 3. The molecule has 3 atom stereocenters. The van der Waals surface area contributed by atoms with Crippen LogP contribution in [-0.4, -0.2) is 23.8 Å². The Labute approximate surface area is 96.7 Å². The highest BCUT2D eigenvalue weighted by molar-refractivity contribution is 5.20. The highest BCUT2D eigenvalue weighted by atomic mass is 16.3. The lowest BCUT2D eigenvalue weighted by atomic mass is 9.70. The number of benzene rings is 1. The van der Waals surface area contributed by atoms with Crippen molar-refractivity contribution in [1.29, 1.82) is 0 Å². The van der Waals surface area contributed by atoms with Gasteiger partial charge in [-0.3, -0.25) is 0 Å². The van der Waals surface area contributed by atoms with Crippen molar-refractivity contribution in [2.45, 2.75) is 37.8 Å². The first-order valence-electron chi connectivity index (χ1n) is 6.23. The van der Waals surface area contributed by atoms with Crippen molar-refractivity contribution >= 4 is 0 Å². The summed E-state index contributed by atoms with van der Waals surface area (Å²) in [5.74, 6) is 0. The van der Waals surface area contributed by atoms with Crippen LogP contribution in [0.2, 0.25) is 0 Å². The minimum Gasteiger partial charge on any atom is -0.396 e. The summed E-state index contributed by atoms with van der Waals surface area (Å²) in [5.41, 5.74) is 1.45. The highest BCUT2D eigenvalue weighted by Gasteiger charge is 2.50. The first kappa shape index (κ1) is 10.3. The van der Waals surface area contributed by atoms with Gasteiger partial charge in [-0.1, -0.05) is 30.3 Å². The molecule has 0 saturated carbocycles. The largest absolute Gasteiger partial charge is 0.396 e. The molecule has 2 heterocycles. The fraction of sp³-hybridized carbons (Fsp3) is 0.571. The summed E-state index contributed by atoms with van der Waals surface area (Å²) >= 11 is 0. The van der Waals surface area contributed by atoms with Crippen LogP contribution in [0.4, 0.5) is 0 Å². The van der Waals surface area contributed by atoms with E-state index in [0.717, 1.165) is 12.8 Å². The predicted octanol–water partition coefficient (Wildman–Crippen LogP) is 1.73. The van der Waals surface area contributed by atoms with Crippen molar-refractivity contribution in [3.63, 3.8) is 0 Å². The Balaban J connectivity index is 1.82. The molecule has 2 bridgehead atoms. The van der Waals surface area contributed by atoms with Crippen molar-refractivity contribution in [2.24, 2.45) is 5.41 Å². The molecule has 2 aliphatic heterocycles. The topological polar surface area (TPSA) is 32.3 Å². The van der Waals surface area contributed by atoms with Gasteiger partial charge in [0.25, 0.3) is 0 Å². The van der Waals surface area contributed by atoms with Gasteiger partial charge in [-0.15, -0.1) is 0 Å². The fourth-order valence-corrected chi connectivity index (χ4v) is 3.52. The van der Waals surface area contributed by atoms with Gasteiger partial charge in [0, 0.05) is 17.5 Å². The molecule has 2 nitrogen and oxygen atoms in total. The molecule has 86 valence electrons. The maximum Gasteiger partial charge on any atom is 0.0506 e. The molecular formula is C14H19NO. The summed E-state index contributed by atoms with van der Waals surface area (Å²) in [6.07, 6.45) is 4.68. The van der Waals surface area contributed by atoms with E-state index in [1.807, 2.05) is 6.07 Å². The van der Waals surface area contributed by atoms with E-state index in [2.05, 4.69) is 29.6 Å². The van der Waals surface area contributed by atoms with Crippen molar-refractivity contribution < 1.29 is 5.11 Å². The summed E-state index contributed by atoms with van der Waals surface area (Å²) in [6.45, 7) is 0.316. The Morgan fingerprint density at radius 2 is 2.06 bits per heavy atom. The quantitative estimate of drug-likeness (QED) is 0.808. The number of hydrogen-bond donors (Lipinski definition) is 2. The summed E-state index contributed by atoms with van der Waals surface area (Å²) in [7, 11) is 0. The third-order valence-corrected chi connectivity index (χ3v) is 4.35. The summed E-state index contributed by atoms with van der Waals surface area (Å²) in [6, 6.07) is 11.7. The average molecular weight is 217 g/mol. The zero-order chi connectivity index (χ0) is 11.0. The maximum absolute atomic E-state index is 9.76. The fourth-order valence-electron chi connectivity index (χ4n) is 3.52. The van der Waals surface area contributed by atoms with E-state index >= 15 is 0 Å². The average Bonchev–Trinajstić information content (AvgIpc) is 2.91. The normalized spacial score (nSPS) is 36.8. The molecule has 1 aromatic carbocycles. The minimum absolute atomic E-state index is 0.101. The smallest absolute Gasteiger partial charge is 0.0506 e. The van der Waals surface area contributed by atoms with E-state index in [4.69, 9.17) is 0 Å². The first-order chi connectivity index (χ1) is 7.82. The molecule has 1 aromatic rings. The molecule has 2 heteroatoms. The van der Waals surface area contributed by atoms with Crippen LogP contribution in [0.3, 0.4) is 0 Å². The molecule has 0 aromatic heterocycles. The Morgan fingerprint density at radius 3 is 2.62 bits per heavy atom. The predicted molar refractivity (Wildman–Crippen MR) is 64.2 cm³/mol. The monoisotopic (exact) mass is 217 g/mol. The Kier molecular flexibility index (Phi) is 2.49. The van der Waals surface area contributed by atoms with E-state index in [-0.39, 0.29) is 5.41 Å². The Morgan fingerprint density at radius 1 is 1.25 bits per heavy atom. The van der Waals surface area contributed by atoms with Crippen LogP contribution >= 0.6 is 0 Å². The van der Waals surface area contributed by atoms with Crippen LogP contribution in [-0.2, 0) is 6.42 Å². The summed E-state index contributed by atoms with van der Waals surface area (Å²) in [4.78, 5) is 0. The zero-order valence-electron chi connectivity index (χ0n) is 9.52. The second-order valence-corrected chi connectivity index (χ2v) is 5.38. The summed E-state index contributed by atoms with van der Waals surface area (Å²) in [5, 5.41) is 13.4. The lowest BCUT2D eigenvalue weighted by molar-refractivity contribution is 0.0963. The van der Waals surface area contributed by atoms with Gasteiger partial charge >= 0.3 is 0 Å². The first-order valence-corrected chi connectivity index (χ1v) is 6.23. The molecule has 16 heavy (non-hydrogen) atoms. The van der Waals surface area contributed by atoms with Gasteiger partial charge in [0.15, 0.2) is 0 Å². The SMILES string of the molecule is OC[C@@]1(Cc2ccccc2)C[C@H]2CC[C@@H]1N2. The van der Waals surface area contributed by atoms with Crippen molar-refractivity contribution in [3.05, 3.63) is 35.9 Å². The number of hydrogen-bond acceptors (Lipinski definition) is 2. The molecule has 2 aliphatic rings. The molecule has 0 aliphatic carbocycles. The van der Waals surface area contributed by atoms with E-state index in [1.54, 1.807) is 0 Å². The zero-order valence-corrected chi connectivity index (χ0v) is 9.52. The van der Waals surface area contributed by atoms with Crippen LogP contribution in [0.25, 0.3) is 0 Å². The van der Waals surface area contributed by atoms with E-state index in [0.29, 0.717) is 18.7 Å². The Bertz CT molecular complexity index is 364. The van der Waals surface area contributed by atoms with Crippen molar-refractivity contribution in [1.82, 2.24) is 5.32 Å². The molecule has 0 unspecified atom stereocenters. The Hall–Kier alpha value is -0.860. The van der Waals surface area contributed by atoms with Gasteiger partial charge in [-0.05, 0) is 31.2 Å². The van der Waals surface area contributed by atoms with E-state index in [1.165, 1.54) is 18.4 Å². The standard InChI is InChI=1S/C14H19NO/c16-10-14(8-11-4-2-1-3-5-11)9-12-6-7-13(14)15-12/h1-5,12-13,15-16H,6-10H2/t12-,13+,14-/m1/s1. The van der Waals surface area contributed by atoms with Crippen LogP contribution in [0.15, 0.2) is 30.3 Å². The molecule has 0 radical (unpaired) electrons. The number of nitrogens with one attached hydrogen (secondary N) is 1. The number of fused-ring (bicyclic) bond motifs is 2. The minimum atomic E-state index is 0.101. The van der Waals surface area contributed by atoms with Crippen LogP contribution < -0.4 is 5.32 Å². The van der Waals surface area contributed by atoms with Crippen molar-refractivity contribution in [3.8, 4) is 0 Å². The number of aliphatic hydroxyl groups excluding tert-OH is 1. The van der Waals surface area contributed by atoms with E-state index in [9.17, 15) is 5.11 Å². The molecular weight excluding hydrogens is 198 g/mol. The van der Waals surface area contributed by atoms with E-state index < -0.39 is 0 Å². The molecule has 2 fully saturated rings. The molecule has 3 rings (SSSR count). The molecule has 0 spiro atoms. The van der Waals surface area contributed by atoms with Crippen LogP contribution in [0, 0.1) is 5.41 Å². The lowest BCUT2D eigenvalue weighted by Crippen LogP contribution is -2.40. The second-order valence-electron chi connectivity index (χ2n) is 5.38. The third-order valence-electron chi connectivity index (χ3n) is 4.35. The number of aliphatic hydroxyl groups is 1. The van der Waals surface area contributed by atoms with Gasteiger partial charge in [0.2, 0.25) is 0 Å². The van der Waals surface area contributed by atoms with Crippen molar-refractivity contribution in [2.75, 3.05) is 6.61 Å². The molecule has 0 amide bonds. The lowest BCUT2D eigenvalue weighted by Gasteiger charge is -2.35. The van der Waals surface area contributed by atoms with Gasteiger partial charge in [-0.2, -0.15) is 0 Å². The summed E-state index contributed by atoms with van der Waals surface area (Å²) < 4.78 is 0. The molecule has 2 N–H and O–H groups in total. The van der Waals surface area contributed by atoms with Gasteiger partial charge in [-0.25, -0.2) is 0 Å².